The number of H-pyrrole nitrogens is 1. The molecule has 1 aromatic carbocycles. The Balaban J connectivity index is 1.82. The average Bonchev–Trinajstić information content (AvgIpc) is 3.26. The summed E-state index contributed by atoms with van der Waals surface area (Å²) in [7, 11) is -3.01. The van der Waals surface area contributed by atoms with E-state index in [1.165, 1.54) is 39.3 Å². The highest BCUT2D eigenvalue weighted by Crippen LogP contribution is 2.46. The summed E-state index contributed by atoms with van der Waals surface area (Å²) in [6.45, 7) is 2.51. The topological polar surface area (TPSA) is 138 Å². The van der Waals surface area contributed by atoms with Crippen LogP contribution < -0.4 is 20.9 Å². The van der Waals surface area contributed by atoms with Crippen molar-refractivity contribution < 1.29 is 27.9 Å². The number of methoxy groups -OCH3 is 1. The van der Waals surface area contributed by atoms with E-state index in [9.17, 15) is 18.9 Å². The Kier molecular flexibility index (Phi) is 8.20. The van der Waals surface area contributed by atoms with Crippen molar-refractivity contribution in [2.24, 2.45) is 0 Å². The predicted molar refractivity (Wildman–Crippen MR) is 130 cm³/mol. The van der Waals surface area contributed by atoms with Gasteiger partial charge in [-0.2, -0.15) is 5.09 Å². The SMILES string of the molecule is C#C[C@@]1(CO[P@@](=O)(N[C@@H](C)C(=O)OC)Oc2ccc(Br)cc2)C=C[C@H](n2cc(C)c(=O)[nH]c2=O)O1. The van der Waals surface area contributed by atoms with Gasteiger partial charge in [-0.1, -0.05) is 21.9 Å². The van der Waals surface area contributed by atoms with Gasteiger partial charge in [-0.25, -0.2) is 9.36 Å². The van der Waals surface area contributed by atoms with Gasteiger partial charge in [0.2, 0.25) is 0 Å². The molecule has 1 aliphatic heterocycles. The first-order valence-corrected chi connectivity index (χ1v) is 12.6. The molecule has 0 unspecified atom stereocenters. The number of benzene rings is 1. The van der Waals surface area contributed by atoms with Gasteiger partial charge in [-0.15, -0.1) is 6.42 Å². The fourth-order valence-electron chi connectivity index (χ4n) is 3.03. The van der Waals surface area contributed by atoms with Gasteiger partial charge >= 0.3 is 19.4 Å². The molecular weight excluding hydrogens is 545 g/mol. The number of aromatic nitrogens is 2. The van der Waals surface area contributed by atoms with Gasteiger partial charge in [0.1, 0.15) is 18.4 Å². The first-order valence-electron chi connectivity index (χ1n) is 10.2. The van der Waals surface area contributed by atoms with Crippen molar-refractivity contribution in [2.75, 3.05) is 13.7 Å². The van der Waals surface area contributed by atoms with Crippen LogP contribution in [0.25, 0.3) is 0 Å². The van der Waals surface area contributed by atoms with Crippen molar-refractivity contribution in [1.82, 2.24) is 14.6 Å². The van der Waals surface area contributed by atoms with E-state index in [0.717, 1.165) is 9.04 Å². The van der Waals surface area contributed by atoms with Crippen molar-refractivity contribution in [3.8, 4) is 18.1 Å². The Labute approximate surface area is 209 Å². The van der Waals surface area contributed by atoms with Gasteiger partial charge in [-0.05, 0) is 50.3 Å². The molecule has 13 heteroatoms. The van der Waals surface area contributed by atoms with E-state index < -0.39 is 49.4 Å². The Morgan fingerprint density at radius 2 is 2.09 bits per heavy atom. The summed E-state index contributed by atoms with van der Waals surface area (Å²) in [6.07, 6.45) is 9.05. The highest BCUT2D eigenvalue weighted by atomic mass is 79.9. The number of aromatic amines is 1. The van der Waals surface area contributed by atoms with Crippen molar-refractivity contribution in [3.63, 3.8) is 0 Å². The van der Waals surface area contributed by atoms with Crippen LogP contribution in [0.1, 0.15) is 18.7 Å². The number of nitrogens with zero attached hydrogens (tertiary/aromatic N) is 1. The van der Waals surface area contributed by atoms with Gasteiger partial charge in [-0.3, -0.25) is 23.7 Å². The van der Waals surface area contributed by atoms with Crippen LogP contribution in [0.2, 0.25) is 0 Å². The summed E-state index contributed by atoms with van der Waals surface area (Å²) in [5.74, 6) is 1.94. The second-order valence-electron chi connectivity index (χ2n) is 7.57. The summed E-state index contributed by atoms with van der Waals surface area (Å²) in [4.78, 5) is 38.0. The summed E-state index contributed by atoms with van der Waals surface area (Å²) in [5, 5.41) is 2.52. The molecule has 0 saturated heterocycles. The molecule has 0 bridgehead atoms. The van der Waals surface area contributed by atoms with Crippen LogP contribution in [0.4, 0.5) is 0 Å². The van der Waals surface area contributed by atoms with Crippen LogP contribution in [-0.4, -0.2) is 40.9 Å². The number of hydrogen-bond acceptors (Lipinski definition) is 8. The summed E-state index contributed by atoms with van der Waals surface area (Å²) in [6, 6.07) is 5.40. The van der Waals surface area contributed by atoms with Crippen LogP contribution >= 0.6 is 23.7 Å². The number of aryl methyl sites for hydroxylation is 1. The lowest BCUT2D eigenvalue weighted by molar-refractivity contribution is -0.142. The molecule has 0 saturated carbocycles. The van der Waals surface area contributed by atoms with Crippen LogP contribution in [0.5, 0.6) is 5.75 Å². The fourth-order valence-corrected chi connectivity index (χ4v) is 4.82. The number of terminal acetylenes is 1. The Morgan fingerprint density at radius 1 is 1.40 bits per heavy atom. The molecule has 0 aliphatic carbocycles. The molecule has 35 heavy (non-hydrogen) atoms. The maximum atomic E-state index is 13.6. The number of carbonyl (C=O) groups excluding carboxylic acids is 1. The minimum atomic E-state index is -4.19. The molecular formula is C22H23BrN3O8P. The third-order valence-electron chi connectivity index (χ3n) is 4.92. The Hall–Kier alpha value is -2.94. The first kappa shape index (κ1) is 26.7. The van der Waals surface area contributed by atoms with Gasteiger partial charge in [0.15, 0.2) is 11.8 Å². The lowest BCUT2D eigenvalue weighted by Crippen LogP contribution is -2.39. The zero-order chi connectivity index (χ0) is 25.8. The molecule has 0 spiro atoms. The normalized spacial score (nSPS) is 21.6. The lowest BCUT2D eigenvalue weighted by Gasteiger charge is -2.28. The maximum Gasteiger partial charge on any atom is 0.459 e. The third kappa shape index (κ3) is 6.39. The number of esters is 1. The second kappa shape index (κ2) is 10.8. The molecule has 2 aromatic rings. The number of ether oxygens (including phenoxy) is 2. The fraction of sp³-hybridized carbons (Fsp3) is 0.318. The monoisotopic (exact) mass is 567 g/mol. The molecule has 3 rings (SSSR count). The Morgan fingerprint density at radius 3 is 2.71 bits per heavy atom. The molecule has 11 nitrogen and oxygen atoms in total. The van der Waals surface area contributed by atoms with Crippen molar-refractivity contribution in [2.45, 2.75) is 31.7 Å². The number of nitrogens with one attached hydrogen (secondary N) is 2. The molecule has 186 valence electrons. The number of carbonyl (C=O) groups is 1. The van der Waals surface area contributed by atoms with E-state index in [4.69, 9.17) is 20.2 Å². The summed E-state index contributed by atoms with van der Waals surface area (Å²) >= 11 is 3.30. The summed E-state index contributed by atoms with van der Waals surface area (Å²) < 4.78 is 37.2. The predicted octanol–water partition coefficient (Wildman–Crippen LogP) is 2.42. The van der Waals surface area contributed by atoms with Crippen molar-refractivity contribution >= 4 is 29.6 Å². The van der Waals surface area contributed by atoms with Gasteiger partial charge in [0, 0.05) is 16.2 Å². The second-order valence-corrected chi connectivity index (χ2v) is 10.2. The summed E-state index contributed by atoms with van der Waals surface area (Å²) in [5.41, 5.74) is -2.44. The highest BCUT2D eigenvalue weighted by Gasteiger charge is 2.40. The zero-order valence-electron chi connectivity index (χ0n) is 19.0. The molecule has 2 N–H and O–H groups in total. The molecule has 2 heterocycles. The van der Waals surface area contributed by atoms with Crippen LogP contribution in [0.15, 0.2) is 56.7 Å². The minimum Gasteiger partial charge on any atom is -0.468 e. The minimum absolute atomic E-state index is 0.201. The van der Waals surface area contributed by atoms with Crippen LogP contribution in [0.3, 0.4) is 0 Å². The quantitative estimate of drug-likeness (QED) is 0.202. The standard InChI is InChI=1S/C22H23BrN3O8P/c1-5-22(11-10-18(33-22)26-12-14(2)19(27)24-21(26)29)13-32-35(30,25-15(3)20(28)31-4)34-17-8-6-16(23)7-9-17/h1,6-12,15,18H,13H2,2-4H3,(H,25,30)(H,24,27,29)/t15-,18+,22-,35-/m0/s1. The largest absolute Gasteiger partial charge is 0.468 e. The maximum absolute atomic E-state index is 13.6. The van der Waals surface area contributed by atoms with E-state index in [0.29, 0.717) is 5.56 Å². The van der Waals surface area contributed by atoms with E-state index in [1.54, 1.807) is 24.3 Å². The Bertz CT molecular complexity index is 1330. The third-order valence-corrected chi connectivity index (χ3v) is 7.07. The molecule has 0 radical (unpaired) electrons. The highest BCUT2D eigenvalue weighted by molar-refractivity contribution is 9.10. The number of hydrogen-bond donors (Lipinski definition) is 2. The molecule has 1 aliphatic rings. The van der Waals surface area contributed by atoms with E-state index >= 15 is 0 Å². The molecule has 1 aromatic heterocycles. The first-order chi connectivity index (χ1) is 16.5. The lowest BCUT2D eigenvalue weighted by atomic mass is 10.1. The molecule has 0 fully saturated rings. The van der Waals surface area contributed by atoms with Crippen LogP contribution in [-0.2, 0) is 23.4 Å². The average molecular weight is 568 g/mol. The van der Waals surface area contributed by atoms with Crippen LogP contribution in [0, 0.1) is 19.3 Å². The number of halogens is 1. The van der Waals surface area contributed by atoms with E-state index in [1.807, 2.05) is 0 Å². The zero-order valence-corrected chi connectivity index (χ0v) is 21.5. The van der Waals surface area contributed by atoms with Gasteiger partial charge in [0.05, 0.1) is 7.11 Å². The molecule has 4 atom stereocenters. The van der Waals surface area contributed by atoms with E-state index in [-0.39, 0.29) is 5.75 Å². The smallest absolute Gasteiger partial charge is 0.459 e. The van der Waals surface area contributed by atoms with Crippen molar-refractivity contribution in [1.29, 1.82) is 0 Å². The van der Waals surface area contributed by atoms with Gasteiger partial charge in [0.25, 0.3) is 5.56 Å². The van der Waals surface area contributed by atoms with E-state index in [2.05, 4.69) is 36.7 Å². The number of rotatable bonds is 9. The van der Waals surface area contributed by atoms with Crippen molar-refractivity contribution in [3.05, 3.63) is 73.5 Å². The van der Waals surface area contributed by atoms with Gasteiger partial charge < -0.3 is 14.0 Å². The molecule has 0 amide bonds.